The van der Waals surface area contributed by atoms with Crippen LogP contribution in [0.25, 0.3) is 0 Å². The smallest absolute Gasteiger partial charge is 0.306 e. The highest BCUT2D eigenvalue weighted by molar-refractivity contribution is 5.87. The first-order chi connectivity index (χ1) is 13.8. The van der Waals surface area contributed by atoms with Crippen LogP contribution < -0.4 is 5.32 Å². The number of unbranched alkanes of at least 4 members (excludes halogenated alkanes) is 2. The minimum Gasteiger partial charge on any atom is -0.481 e. The topological polar surface area (TPSA) is 83.5 Å². The minimum atomic E-state index is -0.750. The van der Waals surface area contributed by atoms with Crippen LogP contribution in [0.3, 0.4) is 0 Å². The Kier molecular flexibility index (Phi) is 12.4. The fourth-order valence-electron chi connectivity index (χ4n) is 4.60. The summed E-state index contributed by atoms with van der Waals surface area (Å²) in [7, 11) is 0. The molecule has 0 bridgehead atoms. The van der Waals surface area contributed by atoms with Gasteiger partial charge in [0, 0.05) is 12.8 Å². The van der Waals surface area contributed by atoms with Crippen molar-refractivity contribution in [1.29, 1.82) is 0 Å². The van der Waals surface area contributed by atoms with Gasteiger partial charge < -0.3 is 5.11 Å². The highest BCUT2D eigenvalue weighted by Gasteiger charge is 2.31. The SMILES string of the molecule is CCCCCC(=O)[C@H](CCC)N[C@@H](C)C(=O)C[C@H]1CCCC[C@H]1C[C@H](C)C(=O)O. The Morgan fingerprint density at radius 1 is 0.966 bits per heavy atom. The summed E-state index contributed by atoms with van der Waals surface area (Å²) in [6.07, 6.45) is 10.8. The molecule has 168 valence electrons. The Hall–Kier alpha value is -1.23. The van der Waals surface area contributed by atoms with Crippen LogP contribution in [-0.4, -0.2) is 34.7 Å². The van der Waals surface area contributed by atoms with E-state index in [1.165, 1.54) is 0 Å². The van der Waals surface area contributed by atoms with Gasteiger partial charge in [-0.05, 0) is 44.4 Å². The van der Waals surface area contributed by atoms with Crippen molar-refractivity contribution in [2.75, 3.05) is 0 Å². The lowest BCUT2D eigenvalue weighted by Gasteiger charge is -2.33. The molecule has 0 spiro atoms. The van der Waals surface area contributed by atoms with Gasteiger partial charge in [-0.3, -0.25) is 19.7 Å². The summed E-state index contributed by atoms with van der Waals surface area (Å²) in [4.78, 5) is 36.7. The Morgan fingerprint density at radius 2 is 1.62 bits per heavy atom. The predicted molar refractivity (Wildman–Crippen MR) is 117 cm³/mol. The van der Waals surface area contributed by atoms with E-state index in [9.17, 15) is 19.5 Å². The van der Waals surface area contributed by atoms with E-state index in [1.807, 2.05) is 6.92 Å². The Morgan fingerprint density at radius 3 is 2.21 bits per heavy atom. The molecule has 5 nitrogen and oxygen atoms in total. The number of carboxylic acid groups (broad SMARTS) is 1. The van der Waals surface area contributed by atoms with Gasteiger partial charge in [-0.25, -0.2) is 0 Å². The molecule has 1 aliphatic carbocycles. The molecular weight excluding hydrogens is 366 g/mol. The molecule has 0 aromatic rings. The van der Waals surface area contributed by atoms with E-state index >= 15 is 0 Å². The van der Waals surface area contributed by atoms with Gasteiger partial charge in [0.25, 0.3) is 0 Å². The average Bonchev–Trinajstić information content (AvgIpc) is 2.68. The van der Waals surface area contributed by atoms with Gasteiger partial charge >= 0.3 is 5.97 Å². The minimum absolute atomic E-state index is 0.160. The Labute approximate surface area is 177 Å². The zero-order valence-electron chi connectivity index (χ0n) is 19.0. The van der Waals surface area contributed by atoms with Gasteiger partial charge in [-0.2, -0.15) is 0 Å². The fraction of sp³-hybridized carbons (Fsp3) is 0.875. The maximum atomic E-state index is 12.9. The third-order valence-electron chi connectivity index (χ3n) is 6.53. The number of carbonyl (C=O) groups excluding carboxylic acids is 2. The highest BCUT2D eigenvalue weighted by Crippen LogP contribution is 2.36. The van der Waals surface area contributed by atoms with Crippen LogP contribution in [-0.2, 0) is 14.4 Å². The van der Waals surface area contributed by atoms with Crippen molar-refractivity contribution < 1.29 is 19.5 Å². The van der Waals surface area contributed by atoms with Crippen LogP contribution in [0.5, 0.6) is 0 Å². The normalized spacial score (nSPS) is 22.6. The van der Waals surface area contributed by atoms with Crippen LogP contribution >= 0.6 is 0 Å². The van der Waals surface area contributed by atoms with Gasteiger partial charge in [0.15, 0.2) is 0 Å². The maximum Gasteiger partial charge on any atom is 0.306 e. The van der Waals surface area contributed by atoms with Crippen LogP contribution in [0.4, 0.5) is 0 Å². The molecule has 1 rings (SSSR count). The molecular formula is C24H43NO4. The molecule has 1 aliphatic rings. The first-order valence-electron chi connectivity index (χ1n) is 11.8. The van der Waals surface area contributed by atoms with E-state index in [0.717, 1.165) is 57.8 Å². The molecule has 0 saturated heterocycles. The first-order valence-corrected chi connectivity index (χ1v) is 11.8. The second kappa shape index (κ2) is 13.9. The number of carboxylic acids is 1. The number of ketones is 2. The van der Waals surface area contributed by atoms with Crippen LogP contribution in [0.2, 0.25) is 0 Å². The standard InChI is InChI=1S/C24H43NO4/c1-5-7-8-14-22(26)21(11-6-2)25-18(4)23(27)16-20-13-10-9-12-19(20)15-17(3)24(28)29/h17-21,25H,5-16H2,1-4H3,(H,28,29)/t17-,18-,19-,20+,21-/m0/s1. The van der Waals surface area contributed by atoms with Gasteiger partial charge in [-0.15, -0.1) is 0 Å². The van der Waals surface area contributed by atoms with Crippen molar-refractivity contribution in [3.8, 4) is 0 Å². The number of aliphatic carboxylic acids is 1. The Bertz CT molecular complexity index is 519. The number of Topliss-reactive ketones (excluding diaryl/α,β-unsaturated/α-hetero) is 2. The quantitative estimate of drug-likeness (QED) is 0.365. The summed E-state index contributed by atoms with van der Waals surface area (Å²) < 4.78 is 0. The summed E-state index contributed by atoms with van der Waals surface area (Å²) in [6, 6.07) is -0.564. The lowest BCUT2D eigenvalue weighted by molar-refractivity contribution is -0.142. The molecule has 1 saturated carbocycles. The third-order valence-corrected chi connectivity index (χ3v) is 6.53. The number of nitrogens with one attached hydrogen (secondary N) is 1. The van der Waals surface area contributed by atoms with Crippen LogP contribution in [0.15, 0.2) is 0 Å². The number of hydrogen-bond acceptors (Lipinski definition) is 4. The largest absolute Gasteiger partial charge is 0.481 e. The van der Waals surface area contributed by atoms with Crippen molar-refractivity contribution in [2.24, 2.45) is 17.8 Å². The molecule has 0 heterocycles. The van der Waals surface area contributed by atoms with E-state index in [-0.39, 0.29) is 35.5 Å². The first kappa shape index (κ1) is 25.8. The van der Waals surface area contributed by atoms with Gasteiger partial charge in [0.05, 0.1) is 18.0 Å². The Balaban J connectivity index is 2.62. The summed E-state index contributed by atoms with van der Waals surface area (Å²) in [5.74, 6) is -0.140. The second-order valence-electron chi connectivity index (χ2n) is 9.10. The molecule has 0 aromatic carbocycles. The van der Waals surface area contributed by atoms with E-state index in [1.54, 1.807) is 6.92 Å². The number of hydrogen-bond donors (Lipinski definition) is 2. The van der Waals surface area contributed by atoms with E-state index in [4.69, 9.17) is 0 Å². The molecule has 0 aromatic heterocycles. The zero-order valence-corrected chi connectivity index (χ0v) is 19.0. The molecule has 5 heteroatoms. The van der Waals surface area contributed by atoms with Crippen molar-refractivity contribution >= 4 is 17.5 Å². The maximum absolute atomic E-state index is 12.9. The molecule has 0 aliphatic heterocycles. The molecule has 5 atom stereocenters. The highest BCUT2D eigenvalue weighted by atomic mass is 16.4. The molecule has 1 fully saturated rings. The van der Waals surface area contributed by atoms with Gasteiger partial charge in [-0.1, -0.05) is 59.3 Å². The van der Waals surface area contributed by atoms with Crippen molar-refractivity contribution in [3.05, 3.63) is 0 Å². The molecule has 0 radical (unpaired) electrons. The second-order valence-corrected chi connectivity index (χ2v) is 9.10. The molecule has 0 amide bonds. The zero-order chi connectivity index (χ0) is 21.8. The van der Waals surface area contributed by atoms with E-state index in [2.05, 4.69) is 19.2 Å². The van der Waals surface area contributed by atoms with E-state index < -0.39 is 5.97 Å². The average molecular weight is 410 g/mol. The van der Waals surface area contributed by atoms with Gasteiger partial charge in [0.1, 0.15) is 11.6 Å². The monoisotopic (exact) mass is 409 g/mol. The molecule has 0 unspecified atom stereocenters. The van der Waals surface area contributed by atoms with E-state index in [0.29, 0.717) is 25.2 Å². The molecule has 2 N–H and O–H groups in total. The molecule has 29 heavy (non-hydrogen) atoms. The lowest BCUT2D eigenvalue weighted by atomic mass is 9.72. The van der Waals surface area contributed by atoms with Gasteiger partial charge in [0.2, 0.25) is 0 Å². The predicted octanol–water partition coefficient (Wildman–Crippen LogP) is 5.16. The summed E-state index contributed by atoms with van der Waals surface area (Å²) >= 11 is 0. The number of carbonyl (C=O) groups is 3. The number of rotatable bonds is 15. The summed E-state index contributed by atoms with van der Waals surface area (Å²) in [5, 5.41) is 12.6. The van der Waals surface area contributed by atoms with Crippen molar-refractivity contribution in [1.82, 2.24) is 5.32 Å². The fourth-order valence-corrected chi connectivity index (χ4v) is 4.60. The van der Waals surface area contributed by atoms with Crippen LogP contribution in [0, 0.1) is 17.8 Å². The third kappa shape index (κ3) is 9.41. The van der Waals surface area contributed by atoms with Crippen molar-refractivity contribution in [2.45, 2.75) is 117 Å². The summed E-state index contributed by atoms with van der Waals surface area (Å²) in [6.45, 7) is 7.83. The van der Waals surface area contributed by atoms with Crippen molar-refractivity contribution in [3.63, 3.8) is 0 Å². The summed E-state index contributed by atoms with van der Waals surface area (Å²) in [5.41, 5.74) is 0. The lowest BCUT2D eigenvalue weighted by Crippen LogP contribution is -2.46. The van der Waals surface area contributed by atoms with Crippen LogP contribution in [0.1, 0.15) is 105 Å².